The molecule has 0 saturated heterocycles. The summed E-state index contributed by atoms with van der Waals surface area (Å²) in [5.74, 6) is -0.107. The topological polar surface area (TPSA) is 58.6 Å². The lowest BCUT2D eigenvalue weighted by Crippen LogP contribution is -2.48. The molecule has 0 rings (SSSR count). The van der Waals surface area contributed by atoms with Crippen LogP contribution in [0, 0.1) is 0 Å². The highest BCUT2D eigenvalue weighted by Crippen LogP contribution is 2.09. The molecule has 102 valence electrons. The highest BCUT2D eigenvalue weighted by molar-refractivity contribution is 5.69. The second-order valence-electron chi connectivity index (χ2n) is 4.94. The van der Waals surface area contributed by atoms with E-state index in [0.29, 0.717) is 13.0 Å². The molecule has 0 fully saturated rings. The van der Waals surface area contributed by atoms with Gasteiger partial charge in [-0.05, 0) is 47.1 Å². The summed E-state index contributed by atoms with van der Waals surface area (Å²) in [5.41, 5.74) is -0.249. The fourth-order valence-corrected chi connectivity index (χ4v) is 1.36. The van der Waals surface area contributed by atoms with Gasteiger partial charge in [0.15, 0.2) is 0 Å². The highest BCUT2D eigenvalue weighted by Gasteiger charge is 2.22. The Kier molecular flexibility index (Phi) is 8.17. The molecule has 0 heterocycles. The number of esters is 1. The van der Waals surface area contributed by atoms with E-state index >= 15 is 0 Å². The molecule has 0 bridgehead atoms. The summed E-state index contributed by atoms with van der Waals surface area (Å²) in [6.07, 6.45) is 3.02. The number of ether oxygens (including phenoxy) is 1. The zero-order valence-electron chi connectivity index (χ0n) is 11.6. The van der Waals surface area contributed by atoms with Gasteiger partial charge in [-0.1, -0.05) is 6.42 Å². The van der Waals surface area contributed by atoms with Gasteiger partial charge in [-0.25, -0.2) is 0 Å². The minimum Gasteiger partial charge on any atom is -0.466 e. The first kappa shape index (κ1) is 16.4. The maximum absolute atomic E-state index is 11.1. The molecular formula is C13H27NO3. The average Bonchev–Trinajstić information content (AvgIpc) is 2.23. The van der Waals surface area contributed by atoms with Gasteiger partial charge in [-0.2, -0.15) is 0 Å². The molecule has 4 heteroatoms. The summed E-state index contributed by atoms with van der Waals surface area (Å²) >= 11 is 0. The molecule has 1 unspecified atom stereocenters. The molecule has 1 atom stereocenters. The van der Waals surface area contributed by atoms with E-state index in [9.17, 15) is 9.90 Å². The van der Waals surface area contributed by atoms with Crippen molar-refractivity contribution < 1.29 is 14.6 Å². The van der Waals surface area contributed by atoms with E-state index in [-0.39, 0.29) is 17.6 Å². The van der Waals surface area contributed by atoms with E-state index in [1.54, 1.807) is 6.92 Å². The Hall–Kier alpha value is -0.610. The van der Waals surface area contributed by atoms with E-state index in [2.05, 4.69) is 5.32 Å². The summed E-state index contributed by atoms with van der Waals surface area (Å²) in [4.78, 5) is 11.1. The first-order valence-corrected chi connectivity index (χ1v) is 6.49. The average molecular weight is 245 g/mol. The van der Waals surface area contributed by atoms with E-state index in [4.69, 9.17) is 4.74 Å². The van der Waals surface area contributed by atoms with Crippen LogP contribution < -0.4 is 5.32 Å². The van der Waals surface area contributed by atoms with Crippen molar-refractivity contribution in [2.24, 2.45) is 0 Å². The standard InChI is InChI=1S/C13H27NO3/c1-5-17-12(16)9-7-6-8-10-14-13(3,4)11(2)15/h11,14-15H,5-10H2,1-4H3. The van der Waals surface area contributed by atoms with Crippen LogP contribution in [-0.2, 0) is 9.53 Å². The third kappa shape index (κ3) is 8.16. The number of nitrogens with one attached hydrogen (secondary N) is 1. The number of hydrogen-bond acceptors (Lipinski definition) is 4. The summed E-state index contributed by atoms with van der Waals surface area (Å²) in [7, 11) is 0. The van der Waals surface area contributed by atoms with Crippen LogP contribution in [0.5, 0.6) is 0 Å². The molecular weight excluding hydrogens is 218 g/mol. The largest absolute Gasteiger partial charge is 0.466 e. The van der Waals surface area contributed by atoms with Gasteiger partial charge in [-0.3, -0.25) is 4.79 Å². The molecule has 0 amide bonds. The van der Waals surface area contributed by atoms with Crippen molar-refractivity contribution in [3.63, 3.8) is 0 Å². The van der Waals surface area contributed by atoms with Gasteiger partial charge >= 0.3 is 5.97 Å². The Morgan fingerprint density at radius 3 is 2.53 bits per heavy atom. The summed E-state index contributed by atoms with van der Waals surface area (Å²) in [6.45, 7) is 8.89. The minimum absolute atomic E-state index is 0.107. The number of carbonyl (C=O) groups excluding carboxylic acids is 1. The lowest BCUT2D eigenvalue weighted by Gasteiger charge is -2.29. The van der Waals surface area contributed by atoms with Gasteiger partial charge in [0.2, 0.25) is 0 Å². The number of aliphatic hydroxyl groups excluding tert-OH is 1. The monoisotopic (exact) mass is 245 g/mol. The second kappa shape index (κ2) is 8.48. The van der Waals surface area contributed by atoms with Crippen molar-refractivity contribution in [2.75, 3.05) is 13.2 Å². The third-order valence-corrected chi connectivity index (χ3v) is 2.99. The molecule has 4 nitrogen and oxygen atoms in total. The van der Waals surface area contributed by atoms with Crippen LogP contribution >= 0.6 is 0 Å². The van der Waals surface area contributed by atoms with Crippen LogP contribution in [0.25, 0.3) is 0 Å². The maximum atomic E-state index is 11.1. The van der Waals surface area contributed by atoms with Crippen molar-refractivity contribution in [3.8, 4) is 0 Å². The molecule has 0 saturated carbocycles. The Labute approximate surface area is 105 Å². The van der Waals surface area contributed by atoms with E-state index < -0.39 is 0 Å². The molecule has 17 heavy (non-hydrogen) atoms. The molecule has 0 aliphatic rings. The quantitative estimate of drug-likeness (QED) is 0.481. The maximum Gasteiger partial charge on any atom is 0.305 e. The van der Waals surface area contributed by atoms with Gasteiger partial charge in [0.25, 0.3) is 0 Å². The molecule has 0 aromatic heterocycles. The van der Waals surface area contributed by atoms with Gasteiger partial charge in [-0.15, -0.1) is 0 Å². The number of unbranched alkanes of at least 4 members (excludes halogenated alkanes) is 2. The van der Waals surface area contributed by atoms with Crippen LogP contribution in [0.3, 0.4) is 0 Å². The Balaban J connectivity index is 3.44. The van der Waals surface area contributed by atoms with Gasteiger partial charge in [0, 0.05) is 12.0 Å². The van der Waals surface area contributed by atoms with Gasteiger partial charge in [0.1, 0.15) is 0 Å². The van der Waals surface area contributed by atoms with Crippen LogP contribution in [0.15, 0.2) is 0 Å². The molecule has 2 N–H and O–H groups in total. The predicted octanol–water partition coefficient (Wildman–Crippen LogP) is 1.86. The molecule has 0 aromatic rings. The lowest BCUT2D eigenvalue weighted by atomic mass is 9.98. The van der Waals surface area contributed by atoms with Gasteiger partial charge < -0.3 is 15.2 Å². The first-order valence-electron chi connectivity index (χ1n) is 6.49. The smallest absolute Gasteiger partial charge is 0.305 e. The van der Waals surface area contributed by atoms with E-state index in [1.807, 2.05) is 20.8 Å². The number of hydrogen-bond donors (Lipinski definition) is 2. The van der Waals surface area contributed by atoms with Crippen molar-refractivity contribution in [1.82, 2.24) is 5.32 Å². The molecule has 0 aromatic carbocycles. The number of rotatable bonds is 9. The van der Waals surface area contributed by atoms with Crippen LogP contribution in [0.2, 0.25) is 0 Å². The zero-order valence-corrected chi connectivity index (χ0v) is 11.6. The Bertz CT molecular complexity index is 215. The zero-order chi connectivity index (χ0) is 13.3. The number of aliphatic hydroxyl groups is 1. The van der Waals surface area contributed by atoms with Crippen molar-refractivity contribution in [3.05, 3.63) is 0 Å². The third-order valence-electron chi connectivity index (χ3n) is 2.99. The molecule has 0 aliphatic carbocycles. The van der Waals surface area contributed by atoms with Gasteiger partial charge in [0.05, 0.1) is 12.7 Å². The van der Waals surface area contributed by atoms with E-state index in [1.165, 1.54) is 0 Å². The lowest BCUT2D eigenvalue weighted by molar-refractivity contribution is -0.143. The summed E-state index contributed by atoms with van der Waals surface area (Å²) < 4.78 is 4.85. The second-order valence-corrected chi connectivity index (χ2v) is 4.94. The summed E-state index contributed by atoms with van der Waals surface area (Å²) in [6, 6.07) is 0. The fourth-order valence-electron chi connectivity index (χ4n) is 1.36. The SMILES string of the molecule is CCOC(=O)CCCCCNC(C)(C)C(C)O. The highest BCUT2D eigenvalue weighted by atomic mass is 16.5. The summed E-state index contributed by atoms with van der Waals surface area (Å²) in [5, 5.41) is 12.8. The Morgan fingerprint density at radius 2 is 2.00 bits per heavy atom. The molecule has 0 radical (unpaired) electrons. The minimum atomic E-state index is -0.373. The van der Waals surface area contributed by atoms with E-state index in [0.717, 1.165) is 25.8 Å². The van der Waals surface area contributed by atoms with Crippen molar-refractivity contribution in [2.45, 2.75) is 65.0 Å². The molecule has 0 aliphatic heterocycles. The van der Waals surface area contributed by atoms with Crippen LogP contribution in [-0.4, -0.2) is 35.9 Å². The first-order chi connectivity index (χ1) is 7.90. The van der Waals surface area contributed by atoms with Crippen molar-refractivity contribution >= 4 is 5.97 Å². The normalized spacial score (nSPS) is 13.5. The predicted molar refractivity (Wildman–Crippen MR) is 68.9 cm³/mol. The fraction of sp³-hybridized carbons (Fsp3) is 0.923. The Morgan fingerprint density at radius 1 is 1.35 bits per heavy atom. The molecule has 0 spiro atoms. The van der Waals surface area contributed by atoms with Crippen LogP contribution in [0.1, 0.15) is 53.4 Å². The van der Waals surface area contributed by atoms with Crippen molar-refractivity contribution in [1.29, 1.82) is 0 Å². The number of carbonyl (C=O) groups is 1. The van der Waals surface area contributed by atoms with Crippen LogP contribution in [0.4, 0.5) is 0 Å².